The monoisotopic (exact) mass is 480 g/mol. The van der Waals surface area contributed by atoms with E-state index in [4.69, 9.17) is 15.2 Å². The highest BCUT2D eigenvalue weighted by Crippen LogP contribution is 2.21. The van der Waals surface area contributed by atoms with Crippen molar-refractivity contribution in [1.29, 1.82) is 0 Å². The third kappa shape index (κ3) is 4.52. The molecule has 1 aliphatic heterocycles. The van der Waals surface area contributed by atoms with Gasteiger partial charge in [0.15, 0.2) is 0 Å². The maximum Gasteiger partial charge on any atom is 0.137 e. The van der Waals surface area contributed by atoms with Crippen molar-refractivity contribution in [2.45, 2.75) is 32.4 Å². The zero-order valence-electron chi connectivity index (χ0n) is 20.0. The second kappa shape index (κ2) is 9.79. The number of piperidine rings is 1. The Morgan fingerprint density at radius 2 is 2.00 bits per heavy atom. The Labute approximate surface area is 208 Å². The lowest BCUT2D eigenvalue weighted by Crippen LogP contribution is -2.29. The molecular formula is C27H28N8O. The molecule has 2 N–H and O–H groups in total. The van der Waals surface area contributed by atoms with Crippen molar-refractivity contribution in [3.63, 3.8) is 0 Å². The number of aromatic nitrogens is 4. The van der Waals surface area contributed by atoms with Crippen LogP contribution in [0.25, 0.3) is 22.2 Å². The van der Waals surface area contributed by atoms with E-state index in [1.807, 2.05) is 29.1 Å². The van der Waals surface area contributed by atoms with Gasteiger partial charge in [0.1, 0.15) is 17.6 Å². The zero-order valence-corrected chi connectivity index (χ0v) is 20.0. The van der Waals surface area contributed by atoms with Crippen LogP contribution in [-0.2, 0) is 13.1 Å². The van der Waals surface area contributed by atoms with Gasteiger partial charge in [-0.3, -0.25) is 14.9 Å². The summed E-state index contributed by atoms with van der Waals surface area (Å²) in [6, 6.07) is 8.22. The van der Waals surface area contributed by atoms with Crippen LogP contribution in [0, 0.1) is 0 Å². The second-order valence-corrected chi connectivity index (χ2v) is 9.19. The van der Waals surface area contributed by atoms with Crippen LogP contribution in [-0.4, -0.2) is 48.9 Å². The van der Waals surface area contributed by atoms with Crippen LogP contribution in [0.3, 0.4) is 0 Å². The molecule has 5 aromatic heterocycles. The maximum absolute atomic E-state index is 5.71. The average Bonchev–Trinajstić information content (AvgIpc) is 3.63. The first-order valence-electron chi connectivity index (χ1n) is 12.2. The van der Waals surface area contributed by atoms with Gasteiger partial charge in [0, 0.05) is 48.5 Å². The van der Waals surface area contributed by atoms with Crippen LogP contribution in [0.15, 0.2) is 82.3 Å². The molecule has 0 atom stereocenters. The van der Waals surface area contributed by atoms with E-state index in [-0.39, 0.29) is 0 Å². The Balaban J connectivity index is 1.16. The molecule has 0 amide bonds. The number of aliphatic imine (C=N–C) groups is 1. The van der Waals surface area contributed by atoms with Crippen LogP contribution >= 0.6 is 0 Å². The molecule has 1 fully saturated rings. The molecule has 6 rings (SSSR count). The first kappa shape index (κ1) is 22.2. The number of hydrazone groups is 1. The quantitative estimate of drug-likeness (QED) is 0.214. The van der Waals surface area contributed by atoms with E-state index in [2.05, 4.69) is 42.7 Å². The molecule has 6 heterocycles. The smallest absolute Gasteiger partial charge is 0.137 e. The van der Waals surface area contributed by atoms with Crippen LogP contribution in [0.1, 0.15) is 36.1 Å². The second-order valence-electron chi connectivity index (χ2n) is 9.19. The van der Waals surface area contributed by atoms with Gasteiger partial charge in [-0.1, -0.05) is 12.5 Å². The van der Waals surface area contributed by atoms with Crippen molar-refractivity contribution >= 4 is 28.5 Å². The molecule has 36 heavy (non-hydrogen) atoms. The Morgan fingerprint density at radius 3 is 2.89 bits per heavy atom. The number of rotatable bonds is 7. The molecule has 0 unspecified atom stereocenters. The molecule has 0 radical (unpaired) electrons. The van der Waals surface area contributed by atoms with Crippen LogP contribution < -0.4 is 5.84 Å². The Morgan fingerprint density at radius 1 is 1.08 bits per heavy atom. The van der Waals surface area contributed by atoms with Crippen LogP contribution in [0.5, 0.6) is 0 Å². The predicted octanol–water partition coefficient (Wildman–Crippen LogP) is 4.19. The zero-order chi connectivity index (χ0) is 24.3. The van der Waals surface area contributed by atoms with E-state index in [1.54, 1.807) is 31.1 Å². The minimum atomic E-state index is 0.433. The maximum atomic E-state index is 5.71. The molecule has 0 saturated carbocycles. The molecule has 9 heteroatoms. The van der Waals surface area contributed by atoms with Crippen molar-refractivity contribution in [3.05, 3.63) is 84.6 Å². The molecule has 0 spiro atoms. The highest BCUT2D eigenvalue weighted by atomic mass is 16.3. The van der Waals surface area contributed by atoms with E-state index in [0.717, 1.165) is 40.0 Å². The third-order valence-electron chi connectivity index (χ3n) is 6.65. The first-order chi connectivity index (χ1) is 17.8. The van der Waals surface area contributed by atoms with Gasteiger partial charge in [-0.05, 0) is 49.7 Å². The molecule has 1 aliphatic rings. The van der Waals surface area contributed by atoms with E-state index < -0.39 is 0 Å². The van der Waals surface area contributed by atoms with Gasteiger partial charge in [0.05, 0.1) is 35.9 Å². The number of nitrogens with two attached hydrogens (primary N) is 1. The Bertz CT molecular complexity index is 1550. The SMILES string of the molecule is NN=C(C=NCc1cn2cc(CN3CCCCC3)ccc2n1)c1cncc(-n2ccc3cocc32)c1. The van der Waals surface area contributed by atoms with E-state index in [0.29, 0.717) is 12.3 Å². The lowest BCUT2D eigenvalue weighted by atomic mass is 10.1. The predicted molar refractivity (Wildman–Crippen MR) is 141 cm³/mol. The summed E-state index contributed by atoms with van der Waals surface area (Å²) < 4.78 is 9.40. The van der Waals surface area contributed by atoms with Crippen molar-refractivity contribution in [2.24, 2.45) is 15.9 Å². The highest BCUT2D eigenvalue weighted by molar-refractivity contribution is 6.38. The standard InChI is InChI=1S/C27H28N8O/c28-32-25(22-10-24(13-29-11-22)35-9-6-21-18-36-19-26(21)35)14-30-12-23-17-34-16-20(4-5-27(34)31-23)15-33-7-2-1-3-8-33/h4-6,9-11,13-14,16-19H,1-3,7-8,12,15,28H2. The summed E-state index contributed by atoms with van der Waals surface area (Å²) in [5, 5.41) is 4.97. The molecule has 5 aromatic rings. The van der Waals surface area contributed by atoms with Gasteiger partial charge >= 0.3 is 0 Å². The van der Waals surface area contributed by atoms with Gasteiger partial charge in [0.25, 0.3) is 0 Å². The van der Waals surface area contributed by atoms with Crippen molar-refractivity contribution < 1.29 is 4.42 Å². The number of nitrogens with zero attached hydrogens (tertiary/aromatic N) is 7. The minimum Gasteiger partial charge on any atom is -0.470 e. The number of hydrogen-bond donors (Lipinski definition) is 1. The van der Waals surface area contributed by atoms with Crippen molar-refractivity contribution in [1.82, 2.24) is 23.8 Å². The number of furan rings is 1. The molecule has 1 saturated heterocycles. The Kier molecular flexibility index (Phi) is 6.05. The fourth-order valence-corrected chi connectivity index (χ4v) is 4.82. The molecule has 182 valence electrons. The van der Waals surface area contributed by atoms with Gasteiger partial charge in [0.2, 0.25) is 0 Å². The van der Waals surface area contributed by atoms with Gasteiger partial charge < -0.3 is 19.2 Å². The van der Waals surface area contributed by atoms with Gasteiger partial charge in [-0.15, -0.1) is 0 Å². The van der Waals surface area contributed by atoms with E-state index >= 15 is 0 Å². The molecule has 0 aromatic carbocycles. The number of pyridine rings is 2. The lowest BCUT2D eigenvalue weighted by Gasteiger charge is -2.26. The highest BCUT2D eigenvalue weighted by Gasteiger charge is 2.12. The molecule has 0 aliphatic carbocycles. The summed E-state index contributed by atoms with van der Waals surface area (Å²) in [6.07, 6.45) is 18.8. The molecule has 9 nitrogen and oxygen atoms in total. The normalized spacial score (nSPS) is 15.5. The summed E-state index contributed by atoms with van der Waals surface area (Å²) in [7, 11) is 0. The average molecular weight is 481 g/mol. The third-order valence-corrected chi connectivity index (χ3v) is 6.65. The van der Waals surface area contributed by atoms with E-state index in [9.17, 15) is 0 Å². The minimum absolute atomic E-state index is 0.433. The largest absolute Gasteiger partial charge is 0.470 e. The molecular weight excluding hydrogens is 452 g/mol. The van der Waals surface area contributed by atoms with Crippen molar-refractivity contribution in [2.75, 3.05) is 13.1 Å². The number of fused-ring (bicyclic) bond motifs is 2. The fraction of sp³-hybridized carbons (Fsp3) is 0.259. The first-order valence-corrected chi connectivity index (χ1v) is 12.2. The van der Waals surface area contributed by atoms with Crippen molar-refractivity contribution in [3.8, 4) is 5.69 Å². The Hall–Kier alpha value is -4.24. The summed E-state index contributed by atoms with van der Waals surface area (Å²) in [5.74, 6) is 5.71. The number of hydrogen-bond acceptors (Lipinski definition) is 7. The lowest BCUT2D eigenvalue weighted by molar-refractivity contribution is 0.220. The van der Waals surface area contributed by atoms with Crippen LogP contribution in [0.2, 0.25) is 0 Å². The topological polar surface area (TPSA) is 102 Å². The summed E-state index contributed by atoms with van der Waals surface area (Å²) in [6.45, 7) is 3.79. The summed E-state index contributed by atoms with van der Waals surface area (Å²) in [4.78, 5) is 16.2. The number of imidazole rings is 1. The van der Waals surface area contributed by atoms with Crippen LogP contribution in [0.4, 0.5) is 0 Å². The van der Waals surface area contributed by atoms with Gasteiger partial charge in [-0.2, -0.15) is 5.10 Å². The van der Waals surface area contributed by atoms with Gasteiger partial charge in [-0.25, -0.2) is 4.98 Å². The summed E-state index contributed by atoms with van der Waals surface area (Å²) in [5.41, 5.74) is 6.30. The number of likely N-dealkylation sites (tertiary alicyclic amines) is 1. The fourth-order valence-electron chi connectivity index (χ4n) is 4.82. The summed E-state index contributed by atoms with van der Waals surface area (Å²) >= 11 is 0. The molecule has 0 bridgehead atoms. The van der Waals surface area contributed by atoms with E-state index in [1.165, 1.54) is 37.9 Å².